The molecular formula is C16H21NO3S. The maximum atomic E-state index is 12.2. The Kier molecular flexibility index (Phi) is 5.56. The Morgan fingerprint density at radius 1 is 1.38 bits per heavy atom. The third-order valence-electron chi connectivity index (χ3n) is 4.00. The molecule has 0 spiro atoms. The number of hydrogen-bond donors (Lipinski definition) is 2. The summed E-state index contributed by atoms with van der Waals surface area (Å²) in [6.45, 7) is 2.71. The Labute approximate surface area is 128 Å². The van der Waals surface area contributed by atoms with Crippen molar-refractivity contribution in [3.8, 4) is 0 Å². The van der Waals surface area contributed by atoms with Gasteiger partial charge in [0, 0.05) is 16.9 Å². The van der Waals surface area contributed by atoms with Crippen LogP contribution in [0.25, 0.3) is 6.08 Å². The molecule has 1 aromatic heterocycles. The number of hydrogen-bond acceptors (Lipinski definition) is 3. The van der Waals surface area contributed by atoms with Gasteiger partial charge in [-0.1, -0.05) is 6.92 Å². The second-order valence-electron chi connectivity index (χ2n) is 5.65. The monoisotopic (exact) mass is 307 g/mol. The first-order chi connectivity index (χ1) is 10.1. The molecule has 2 rings (SSSR count). The lowest BCUT2D eigenvalue weighted by molar-refractivity contribution is -0.131. The summed E-state index contributed by atoms with van der Waals surface area (Å²) in [5.74, 6) is 0.0363. The molecule has 1 heterocycles. The molecular weight excluding hydrogens is 286 g/mol. The molecule has 1 aliphatic rings. The number of rotatable bonds is 5. The van der Waals surface area contributed by atoms with Crippen molar-refractivity contribution >= 4 is 29.3 Å². The van der Waals surface area contributed by atoms with Gasteiger partial charge in [-0.2, -0.15) is 0 Å². The number of carbonyl (C=O) groups excluding carboxylic acids is 1. The van der Waals surface area contributed by atoms with E-state index in [0.717, 1.165) is 48.1 Å². The molecule has 21 heavy (non-hydrogen) atoms. The smallest absolute Gasteiger partial charge is 0.328 e. The molecule has 0 atom stereocenters. The molecule has 0 saturated heterocycles. The number of thiophene rings is 1. The largest absolute Gasteiger partial charge is 0.478 e. The van der Waals surface area contributed by atoms with Gasteiger partial charge in [0.05, 0.1) is 6.54 Å². The molecule has 0 aromatic carbocycles. The fourth-order valence-electron chi connectivity index (χ4n) is 2.64. The van der Waals surface area contributed by atoms with Gasteiger partial charge in [-0.15, -0.1) is 11.3 Å². The van der Waals surface area contributed by atoms with Crippen LogP contribution >= 0.6 is 11.3 Å². The minimum Gasteiger partial charge on any atom is -0.478 e. The highest BCUT2D eigenvalue weighted by Gasteiger charge is 2.24. The second kappa shape index (κ2) is 7.41. The number of carbonyl (C=O) groups is 2. The summed E-state index contributed by atoms with van der Waals surface area (Å²) in [6.07, 6.45) is 6.90. The quantitative estimate of drug-likeness (QED) is 0.820. The van der Waals surface area contributed by atoms with Crippen LogP contribution in [0.2, 0.25) is 0 Å². The Hall–Kier alpha value is -1.62. The van der Waals surface area contributed by atoms with E-state index in [9.17, 15) is 9.59 Å². The van der Waals surface area contributed by atoms with E-state index in [4.69, 9.17) is 5.11 Å². The van der Waals surface area contributed by atoms with E-state index in [0.29, 0.717) is 6.54 Å². The van der Waals surface area contributed by atoms with Crippen molar-refractivity contribution in [1.82, 2.24) is 5.32 Å². The highest BCUT2D eigenvalue weighted by atomic mass is 32.1. The number of nitrogens with one attached hydrogen (secondary N) is 1. The topological polar surface area (TPSA) is 66.4 Å². The maximum Gasteiger partial charge on any atom is 0.328 e. The summed E-state index contributed by atoms with van der Waals surface area (Å²) >= 11 is 1.53. The van der Waals surface area contributed by atoms with E-state index in [-0.39, 0.29) is 11.8 Å². The van der Waals surface area contributed by atoms with Crippen LogP contribution in [-0.2, 0) is 16.1 Å². The predicted molar refractivity (Wildman–Crippen MR) is 84.0 cm³/mol. The fourth-order valence-corrected chi connectivity index (χ4v) is 3.44. The molecule has 0 aliphatic heterocycles. The van der Waals surface area contributed by atoms with Crippen LogP contribution in [0.4, 0.5) is 0 Å². The second-order valence-corrected chi connectivity index (χ2v) is 6.65. The first kappa shape index (κ1) is 15.8. The molecule has 5 heteroatoms. The fraction of sp³-hybridized carbons (Fsp3) is 0.500. The van der Waals surface area contributed by atoms with E-state index in [2.05, 4.69) is 12.2 Å². The molecule has 1 amide bonds. The summed E-state index contributed by atoms with van der Waals surface area (Å²) in [7, 11) is 0. The summed E-state index contributed by atoms with van der Waals surface area (Å²) in [5.41, 5.74) is 0.861. The predicted octanol–water partition coefficient (Wildman–Crippen LogP) is 3.29. The zero-order valence-corrected chi connectivity index (χ0v) is 13.0. The minimum atomic E-state index is -0.965. The Morgan fingerprint density at radius 3 is 2.76 bits per heavy atom. The van der Waals surface area contributed by atoms with Gasteiger partial charge >= 0.3 is 5.97 Å². The molecule has 1 aliphatic carbocycles. The molecule has 0 bridgehead atoms. The molecule has 0 radical (unpaired) electrons. The lowest BCUT2D eigenvalue weighted by Gasteiger charge is -2.25. The van der Waals surface area contributed by atoms with Crippen LogP contribution in [0, 0.1) is 11.8 Å². The Morgan fingerprint density at radius 2 is 2.10 bits per heavy atom. The van der Waals surface area contributed by atoms with Crippen molar-refractivity contribution in [1.29, 1.82) is 0 Å². The molecule has 1 fully saturated rings. The average Bonchev–Trinajstić information content (AvgIpc) is 2.90. The van der Waals surface area contributed by atoms with Crippen molar-refractivity contribution in [2.24, 2.45) is 11.8 Å². The van der Waals surface area contributed by atoms with Crippen molar-refractivity contribution in [2.45, 2.75) is 39.2 Å². The normalized spacial score (nSPS) is 22.3. The number of carboxylic acid groups (broad SMARTS) is 1. The molecule has 4 nitrogen and oxygen atoms in total. The van der Waals surface area contributed by atoms with Crippen molar-refractivity contribution in [3.05, 3.63) is 28.0 Å². The summed E-state index contributed by atoms with van der Waals surface area (Å²) in [6, 6.07) is 1.87. The van der Waals surface area contributed by atoms with Crippen LogP contribution in [0.15, 0.2) is 17.5 Å². The SMILES string of the molecule is CC1CCC(C(=O)NCc2sccc2/C=C/C(=O)O)CC1. The zero-order valence-electron chi connectivity index (χ0n) is 12.2. The van der Waals surface area contributed by atoms with Gasteiger partial charge in [-0.3, -0.25) is 4.79 Å². The Balaban J connectivity index is 1.87. The van der Waals surface area contributed by atoms with Gasteiger partial charge in [-0.25, -0.2) is 4.79 Å². The number of aliphatic carboxylic acids is 1. The van der Waals surface area contributed by atoms with Crippen LogP contribution in [0.3, 0.4) is 0 Å². The highest BCUT2D eigenvalue weighted by Crippen LogP contribution is 2.28. The average molecular weight is 307 g/mol. The number of amides is 1. The molecule has 0 unspecified atom stereocenters. The van der Waals surface area contributed by atoms with Crippen LogP contribution in [0.1, 0.15) is 43.0 Å². The zero-order chi connectivity index (χ0) is 15.2. The van der Waals surface area contributed by atoms with Gasteiger partial charge in [0.2, 0.25) is 5.91 Å². The third-order valence-corrected chi connectivity index (χ3v) is 4.93. The van der Waals surface area contributed by atoms with E-state index < -0.39 is 5.97 Å². The molecule has 114 valence electrons. The highest BCUT2D eigenvalue weighted by molar-refractivity contribution is 7.10. The third kappa shape index (κ3) is 4.70. The first-order valence-corrected chi connectivity index (χ1v) is 8.19. The van der Waals surface area contributed by atoms with Crippen LogP contribution in [0.5, 0.6) is 0 Å². The van der Waals surface area contributed by atoms with Crippen molar-refractivity contribution in [3.63, 3.8) is 0 Å². The first-order valence-electron chi connectivity index (χ1n) is 7.31. The van der Waals surface area contributed by atoms with Gasteiger partial charge in [-0.05, 0) is 54.7 Å². The van der Waals surface area contributed by atoms with Gasteiger partial charge in [0.15, 0.2) is 0 Å². The maximum absolute atomic E-state index is 12.2. The van der Waals surface area contributed by atoms with Crippen molar-refractivity contribution in [2.75, 3.05) is 0 Å². The van der Waals surface area contributed by atoms with E-state index >= 15 is 0 Å². The molecule has 2 N–H and O–H groups in total. The van der Waals surface area contributed by atoms with Crippen LogP contribution < -0.4 is 5.32 Å². The molecule has 1 saturated carbocycles. The van der Waals surface area contributed by atoms with E-state index in [1.54, 1.807) is 6.08 Å². The molecule has 1 aromatic rings. The van der Waals surface area contributed by atoms with Gasteiger partial charge < -0.3 is 10.4 Å². The summed E-state index contributed by atoms with van der Waals surface area (Å²) < 4.78 is 0. The standard InChI is InChI=1S/C16H21NO3S/c1-11-2-4-13(5-3-11)16(20)17-10-14-12(8-9-21-14)6-7-15(18)19/h6-9,11,13H,2-5,10H2,1H3,(H,17,20)(H,18,19)/b7-6+. The Bertz CT molecular complexity index is 527. The van der Waals surface area contributed by atoms with Crippen LogP contribution in [-0.4, -0.2) is 17.0 Å². The van der Waals surface area contributed by atoms with Gasteiger partial charge in [0.25, 0.3) is 0 Å². The van der Waals surface area contributed by atoms with E-state index in [1.807, 2.05) is 11.4 Å². The summed E-state index contributed by atoms with van der Waals surface area (Å²) in [5, 5.41) is 13.6. The van der Waals surface area contributed by atoms with Crippen molar-refractivity contribution < 1.29 is 14.7 Å². The lowest BCUT2D eigenvalue weighted by Crippen LogP contribution is -2.32. The number of carboxylic acids is 1. The van der Waals surface area contributed by atoms with Gasteiger partial charge in [0.1, 0.15) is 0 Å². The lowest BCUT2D eigenvalue weighted by atomic mass is 9.82. The van der Waals surface area contributed by atoms with E-state index in [1.165, 1.54) is 11.3 Å². The minimum absolute atomic E-state index is 0.128. The summed E-state index contributed by atoms with van der Waals surface area (Å²) in [4.78, 5) is 23.7.